The molecule has 1 amide bonds. The van der Waals surface area contributed by atoms with Crippen LogP contribution in [0.25, 0.3) is 0 Å². The third-order valence-corrected chi connectivity index (χ3v) is 3.74. The van der Waals surface area contributed by atoms with E-state index in [1.807, 2.05) is 24.3 Å². The lowest BCUT2D eigenvalue weighted by atomic mass is 9.94. The standard InChI is InChI=1S/C15H22N2O/c1-3-12-6-4-5-7-13(12)15(18)17-14-8-9-16-10-11(14)2/h4-7,11,14,16H,3,8-10H2,1-2H3,(H,17,18). The third kappa shape index (κ3) is 2.91. The van der Waals surface area contributed by atoms with Gasteiger partial charge < -0.3 is 10.6 Å². The van der Waals surface area contributed by atoms with E-state index in [4.69, 9.17) is 0 Å². The lowest BCUT2D eigenvalue weighted by Gasteiger charge is -2.30. The second-order valence-electron chi connectivity index (χ2n) is 5.06. The third-order valence-electron chi connectivity index (χ3n) is 3.74. The van der Waals surface area contributed by atoms with Crippen LogP contribution >= 0.6 is 0 Å². The molecule has 2 unspecified atom stereocenters. The second kappa shape index (κ2) is 6.01. The zero-order valence-electron chi connectivity index (χ0n) is 11.2. The number of rotatable bonds is 3. The van der Waals surface area contributed by atoms with E-state index in [1.54, 1.807) is 0 Å². The van der Waals surface area contributed by atoms with Crippen molar-refractivity contribution in [2.75, 3.05) is 13.1 Å². The van der Waals surface area contributed by atoms with Crippen LogP contribution in [-0.4, -0.2) is 25.0 Å². The number of carbonyl (C=O) groups excluding carboxylic acids is 1. The normalized spacial score (nSPS) is 23.7. The van der Waals surface area contributed by atoms with Crippen LogP contribution in [-0.2, 0) is 6.42 Å². The number of hydrogen-bond donors (Lipinski definition) is 2. The molecule has 0 radical (unpaired) electrons. The van der Waals surface area contributed by atoms with E-state index in [0.29, 0.717) is 12.0 Å². The summed E-state index contributed by atoms with van der Waals surface area (Å²) in [5.41, 5.74) is 1.95. The number of amides is 1. The fourth-order valence-electron chi connectivity index (χ4n) is 2.52. The van der Waals surface area contributed by atoms with Crippen molar-refractivity contribution in [3.8, 4) is 0 Å². The van der Waals surface area contributed by atoms with E-state index in [2.05, 4.69) is 24.5 Å². The Labute approximate surface area is 109 Å². The summed E-state index contributed by atoms with van der Waals surface area (Å²) in [5, 5.41) is 6.53. The molecule has 2 atom stereocenters. The van der Waals surface area contributed by atoms with E-state index >= 15 is 0 Å². The maximum atomic E-state index is 12.3. The van der Waals surface area contributed by atoms with Gasteiger partial charge in [-0.05, 0) is 43.5 Å². The Morgan fingerprint density at radius 1 is 1.44 bits per heavy atom. The van der Waals surface area contributed by atoms with Crippen molar-refractivity contribution in [1.29, 1.82) is 0 Å². The molecule has 3 heteroatoms. The number of hydrogen-bond acceptors (Lipinski definition) is 2. The van der Waals surface area contributed by atoms with Crippen molar-refractivity contribution in [2.45, 2.75) is 32.7 Å². The molecule has 1 fully saturated rings. The van der Waals surface area contributed by atoms with Crippen LogP contribution < -0.4 is 10.6 Å². The number of aryl methyl sites for hydroxylation is 1. The molecule has 0 spiro atoms. The molecular weight excluding hydrogens is 224 g/mol. The van der Waals surface area contributed by atoms with E-state index in [9.17, 15) is 4.79 Å². The molecule has 1 aliphatic rings. The van der Waals surface area contributed by atoms with Crippen molar-refractivity contribution in [1.82, 2.24) is 10.6 Å². The predicted octanol–water partition coefficient (Wildman–Crippen LogP) is 1.98. The minimum atomic E-state index is 0.0752. The molecule has 1 saturated heterocycles. The number of piperidine rings is 1. The summed E-state index contributed by atoms with van der Waals surface area (Å²) in [6.07, 6.45) is 1.91. The second-order valence-corrected chi connectivity index (χ2v) is 5.06. The van der Waals surface area contributed by atoms with Gasteiger partial charge in [-0.2, -0.15) is 0 Å². The first-order valence-electron chi connectivity index (χ1n) is 6.82. The number of benzene rings is 1. The Morgan fingerprint density at radius 3 is 2.94 bits per heavy atom. The Bertz CT molecular complexity index is 417. The maximum absolute atomic E-state index is 12.3. The van der Waals surface area contributed by atoms with Gasteiger partial charge in [-0.1, -0.05) is 32.0 Å². The molecule has 0 saturated carbocycles. The molecule has 2 rings (SSSR count). The smallest absolute Gasteiger partial charge is 0.251 e. The summed E-state index contributed by atoms with van der Waals surface area (Å²) < 4.78 is 0. The Hall–Kier alpha value is -1.35. The fourth-order valence-corrected chi connectivity index (χ4v) is 2.52. The van der Waals surface area contributed by atoms with Gasteiger partial charge >= 0.3 is 0 Å². The van der Waals surface area contributed by atoms with Crippen LogP contribution in [0.4, 0.5) is 0 Å². The van der Waals surface area contributed by atoms with Crippen molar-refractivity contribution >= 4 is 5.91 Å². The van der Waals surface area contributed by atoms with Crippen LogP contribution in [0.5, 0.6) is 0 Å². The van der Waals surface area contributed by atoms with Crippen LogP contribution in [0.15, 0.2) is 24.3 Å². The van der Waals surface area contributed by atoms with Gasteiger partial charge in [-0.15, -0.1) is 0 Å². The highest BCUT2D eigenvalue weighted by Gasteiger charge is 2.23. The van der Waals surface area contributed by atoms with E-state index < -0.39 is 0 Å². The summed E-state index contributed by atoms with van der Waals surface area (Å²) in [6.45, 7) is 6.24. The van der Waals surface area contributed by atoms with Gasteiger partial charge in [0, 0.05) is 11.6 Å². The molecule has 0 bridgehead atoms. The van der Waals surface area contributed by atoms with E-state index in [-0.39, 0.29) is 5.91 Å². The Balaban J connectivity index is 2.07. The molecule has 1 aromatic rings. The Kier molecular flexibility index (Phi) is 4.37. The maximum Gasteiger partial charge on any atom is 0.251 e. The van der Waals surface area contributed by atoms with Crippen molar-refractivity contribution in [3.63, 3.8) is 0 Å². The summed E-state index contributed by atoms with van der Waals surface area (Å²) in [5.74, 6) is 0.572. The first-order chi connectivity index (χ1) is 8.72. The highest BCUT2D eigenvalue weighted by molar-refractivity contribution is 5.95. The molecular formula is C15H22N2O. The largest absolute Gasteiger partial charge is 0.349 e. The average Bonchev–Trinajstić information content (AvgIpc) is 2.41. The molecule has 98 valence electrons. The zero-order valence-corrected chi connectivity index (χ0v) is 11.2. The van der Waals surface area contributed by atoms with Crippen LogP contribution in [0.2, 0.25) is 0 Å². The zero-order chi connectivity index (χ0) is 13.0. The average molecular weight is 246 g/mol. The monoisotopic (exact) mass is 246 g/mol. The quantitative estimate of drug-likeness (QED) is 0.856. The lowest BCUT2D eigenvalue weighted by Crippen LogP contribution is -2.48. The van der Waals surface area contributed by atoms with Gasteiger partial charge in [0.2, 0.25) is 0 Å². The molecule has 1 heterocycles. The summed E-state index contributed by atoms with van der Waals surface area (Å²) in [6, 6.07) is 8.16. The van der Waals surface area contributed by atoms with Gasteiger partial charge in [0.15, 0.2) is 0 Å². The van der Waals surface area contributed by atoms with Crippen molar-refractivity contribution < 1.29 is 4.79 Å². The topological polar surface area (TPSA) is 41.1 Å². The lowest BCUT2D eigenvalue weighted by molar-refractivity contribution is 0.0913. The highest BCUT2D eigenvalue weighted by Crippen LogP contribution is 2.14. The molecule has 0 aliphatic carbocycles. The van der Waals surface area contributed by atoms with Crippen LogP contribution in [0.3, 0.4) is 0 Å². The number of nitrogens with one attached hydrogen (secondary N) is 2. The van der Waals surface area contributed by atoms with Crippen LogP contribution in [0.1, 0.15) is 36.2 Å². The molecule has 0 aromatic heterocycles. The molecule has 3 nitrogen and oxygen atoms in total. The fraction of sp³-hybridized carbons (Fsp3) is 0.533. The highest BCUT2D eigenvalue weighted by atomic mass is 16.1. The van der Waals surface area contributed by atoms with Gasteiger partial charge in [0.1, 0.15) is 0 Å². The van der Waals surface area contributed by atoms with E-state index in [0.717, 1.165) is 37.1 Å². The summed E-state index contributed by atoms with van der Waals surface area (Å²) >= 11 is 0. The summed E-state index contributed by atoms with van der Waals surface area (Å²) in [4.78, 5) is 12.3. The minimum absolute atomic E-state index is 0.0752. The van der Waals surface area contributed by atoms with Gasteiger partial charge in [-0.3, -0.25) is 4.79 Å². The van der Waals surface area contributed by atoms with Crippen LogP contribution in [0, 0.1) is 5.92 Å². The van der Waals surface area contributed by atoms with E-state index in [1.165, 1.54) is 0 Å². The van der Waals surface area contributed by atoms with Gasteiger partial charge in [-0.25, -0.2) is 0 Å². The number of carbonyl (C=O) groups is 1. The SMILES string of the molecule is CCc1ccccc1C(=O)NC1CCNCC1C. The van der Waals surface area contributed by atoms with Gasteiger partial charge in [0.05, 0.1) is 0 Å². The molecule has 1 aliphatic heterocycles. The Morgan fingerprint density at radius 2 is 2.22 bits per heavy atom. The van der Waals surface area contributed by atoms with Gasteiger partial charge in [0.25, 0.3) is 5.91 Å². The predicted molar refractivity (Wildman–Crippen MR) is 73.7 cm³/mol. The molecule has 2 N–H and O–H groups in total. The molecule has 18 heavy (non-hydrogen) atoms. The minimum Gasteiger partial charge on any atom is -0.349 e. The first-order valence-corrected chi connectivity index (χ1v) is 6.82. The van der Waals surface area contributed by atoms with Crippen molar-refractivity contribution in [3.05, 3.63) is 35.4 Å². The van der Waals surface area contributed by atoms with Crippen molar-refractivity contribution in [2.24, 2.45) is 5.92 Å². The molecule has 1 aromatic carbocycles. The summed E-state index contributed by atoms with van der Waals surface area (Å²) in [7, 11) is 0. The first kappa shape index (κ1) is 13.1.